The van der Waals surface area contributed by atoms with Gasteiger partial charge in [0.05, 0.1) is 25.3 Å². The molecule has 1 aromatic heterocycles. The molecule has 0 spiro atoms. The molecule has 3 aromatic carbocycles. The maximum absolute atomic E-state index is 13.2. The van der Waals surface area contributed by atoms with Gasteiger partial charge in [-0.05, 0) is 42.2 Å². The lowest BCUT2D eigenvalue weighted by atomic mass is 10.0. The number of fused-ring (bicyclic) bond motifs is 1. The van der Waals surface area contributed by atoms with Crippen molar-refractivity contribution < 1.29 is 9.84 Å². The molecule has 0 saturated carbocycles. The van der Waals surface area contributed by atoms with Crippen molar-refractivity contribution in [1.82, 2.24) is 9.47 Å². The standard InChI is InChI=1S/C30H31N3O3/c1-36-25-13-11-23(12-14-25)21-33-29(34)27-10-6-5-9-26(27)28(30(33)35)19-31-24-15-17-32(18-16-24)20-22-7-3-2-4-8-22/h2-14,19,24,35H,15-18,20-21H2,1H3. The molecule has 0 unspecified atom stereocenters. The molecule has 0 bridgehead atoms. The summed E-state index contributed by atoms with van der Waals surface area (Å²) in [5.41, 5.74) is 2.60. The van der Waals surface area contributed by atoms with Crippen LogP contribution in [0.1, 0.15) is 29.5 Å². The fraction of sp³-hybridized carbons (Fsp3) is 0.267. The van der Waals surface area contributed by atoms with Crippen molar-refractivity contribution in [2.24, 2.45) is 4.99 Å². The van der Waals surface area contributed by atoms with E-state index in [1.165, 1.54) is 10.1 Å². The van der Waals surface area contributed by atoms with E-state index < -0.39 is 0 Å². The number of hydrogen-bond donors (Lipinski definition) is 1. The second-order valence-electron chi connectivity index (χ2n) is 9.29. The van der Waals surface area contributed by atoms with Gasteiger partial charge in [-0.15, -0.1) is 0 Å². The normalized spacial score (nSPS) is 15.0. The number of pyridine rings is 1. The zero-order valence-corrected chi connectivity index (χ0v) is 20.5. The highest BCUT2D eigenvalue weighted by molar-refractivity contribution is 6.01. The summed E-state index contributed by atoms with van der Waals surface area (Å²) >= 11 is 0. The Balaban J connectivity index is 1.37. The maximum Gasteiger partial charge on any atom is 0.261 e. The number of piperidine rings is 1. The van der Waals surface area contributed by atoms with Crippen LogP contribution in [0.25, 0.3) is 10.8 Å². The molecule has 1 fully saturated rings. The quantitative estimate of drug-likeness (QED) is 0.383. The Morgan fingerprint density at radius 1 is 0.889 bits per heavy atom. The average molecular weight is 482 g/mol. The molecule has 2 heterocycles. The van der Waals surface area contributed by atoms with E-state index in [-0.39, 0.29) is 24.0 Å². The van der Waals surface area contributed by atoms with Crippen molar-refractivity contribution in [1.29, 1.82) is 0 Å². The Morgan fingerprint density at radius 2 is 1.53 bits per heavy atom. The van der Waals surface area contributed by atoms with Gasteiger partial charge in [-0.2, -0.15) is 0 Å². The Bertz CT molecular complexity index is 1400. The topological polar surface area (TPSA) is 67.1 Å². The molecule has 184 valence electrons. The maximum atomic E-state index is 13.2. The second kappa shape index (κ2) is 10.8. The number of benzene rings is 3. The van der Waals surface area contributed by atoms with Crippen LogP contribution in [-0.4, -0.2) is 47.0 Å². The number of aromatic nitrogens is 1. The van der Waals surface area contributed by atoms with Crippen LogP contribution >= 0.6 is 0 Å². The number of likely N-dealkylation sites (tertiary alicyclic amines) is 1. The summed E-state index contributed by atoms with van der Waals surface area (Å²) in [6, 6.07) is 25.6. The number of hydrogen-bond acceptors (Lipinski definition) is 5. The van der Waals surface area contributed by atoms with Crippen LogP contribution in [0, 0.1) is 0 Å². The van der Waals surface area contributed by atoms with Crippen LogP contribution in [0.5, 0.6) is 11.6 Å². The van der Waals surface area contributed by atoms with Crippen LogP contribution in [0.2, 0.25) is 0 Å². The van der Waals surface area contributed by atoms with Gasteiger partial charge in [0.25, 0.3) is 5.56 Å². The molecule has 6 nitrogen and oxygen atoms in total. The predicted molar refractivity (Wildman–Crippen MR) is 144 cm³/mol. The van der Waals surface area contributed by atoms with E-state index in [1.807, 2.05) is 48.5 Å². The van der Waals surface area contributed by atoms with E-state index in [4.69, 9.17) is 9.73 Å². The third-order valence-corrected chi connectivity index (χ3v) is 6.91. The lowest BCUT2D eigenvalue weighted by Gasteiger charge is -2.30. The molecule has 6 heteroatoms. The predicted octanol–water partition coefficient (Wildman–Crippen LogP) is 4.85. The molecule has 0 radical (unpaired) electrons. The van der Waals surface area contributed by atoms with E-state index >= 15 is 0 Å². The van der Waals surface area contributed by atoms with Crippen molar-refractivity contribution in [3.8, 4) is 11.6 Å². The Morgan fingerprint density at radius 3 is 2.22 bits per heavy atom. The third-order valence-electron chi connectivity index (χ3n) is 6.91. The fourth-order valence-corrected chi connectivity index (χ4v) is 4.85. The van der Waals surface area contributed by atoms with Gasteiger partial charge in [0.15, 0.2) is 0 Å². The molecule has 1 aliphatic rings. The highest BCUT2D eigenvalue weighted by Gasteiger charge is 2.20. The van der Waals surface area contributed by atoms with Crippen molar-refractivity contribution in [3.05, 3.63) is 106 Å². The Hall–Kier alpha value is -3.90. The van der Waals surface area contributed by atoms with Gasteiger partial charge in [0.2, 0.25) is 5.88 Å². The van der Waals surface area contributed by atoms with E-state index in [2.05, 4.69) is 29.2 Å². The zero-order valence-electron chi connectivity index (χ0n) is 20.5. The van der Waals surface area contributed by atoms with Crippen LogP contribution < -0.4 is 10.3 Å². The molecule has 5 rings (SSSR count). The van der Waals surface area contributed by atoms with E-state index in [0.29, 0.717) is 10.9 Å². The van der Waals surface area contributed by atoms with Gasteiger partial charge >= 0.3 is 0 Å². The van der Waals surface area contributed by atoms with Crippen LogP contribution in [0.15, 0.2) is 88.6 Å². The molecule has 0 atom stereocenters. The first kappa shape index (κ1) is 23.8. The minimum Gasteiger partial charge on any atom is -0.497 e. The largest absolute Gasteiger partial charge is 0.497 e. The van der Waals surface area contributed by atoms with E-state index in [9.17, 15) is 9.90 Å². The third kappa shape index (κ3) is 5.19. The Labute approximate surface area is 211 Å². The fourth-order valence-electron chi connectivity index (χ4n) is 4.85. The van der Waals surface area contributed by atoms with Gasteiger partial charge < -0.3 is 9.84 Å². The van der Waals surface area contributed by atoms with E-state index in [1.54, 1.807) is 19.4 Å². The molecule has 0 aliphatic carbocycles. The summed E-state index contributed by atoms with van der Waals surface area (Å²) in [6.45, 7) is 3.19. The summed E-state index contributed by atoms with van der Waals surface area (Å²) in [4.78, 5) is 20.6. The summed E-state index contributed by atoms with van der Waals surface area (Å²) in [5.74, 6) is 0.691. The van der Waals surface area contributed by atoms with Gasteiger partial charge in [0.1, 0.15) is 5.75 Å². The zero-order chi connectivity index (χ0) is 24.9. The molecular formula is C30H31N3O3. The number of aromatic hydroxyl groups is 1. The van der Waals surface area contributed by atoms with Crippen LogP contribution in [0.3, 0.4) is 0 Å². The van der Waals surface area contributed by atoms with Gasteiger partial charge in [0, 0.05) is 36.6 Å². The monoisotopic (exact) mass is 481 g/mol. The van der Waals surface area contributed by atoms with Crippen LogP contribution in [0.4, 0.5) is 0 Å². The van der Waals surface area contributed by atoms with Gasteiger partial charge in [-0.1, -0.05) is 60.7 Å². The highest BCUT2D eigenvalue weighted by atomic mass is 16.5. The van der Waals surface area contributed by atoms with Crippen LogP contribution in [-0.2, 0) is 13.1 Å². The second-order valence-corrected chi connectivity index (χ2v) is 9.29. The number of aliphatic imine (C=N–C) groups is 1. The lowest BCUT2D eigenvalue weighted by molar-refractivity contribution is 0.206. The van der Waals surface area contributed by atoms with Gasteiger partial charge in [-0.3, -0.25) is 19.3 Å². The summed E-state index contributed by atoms with van der Waals surface area (Å²) in [6.07, 6.45) is 3.69. The SMILES string of the molecule is COc1ccc(Cn2c(O)c(C=NC3CCN(Cc4ccccc4)CC3)c3ccccc3c2=O)cc1. The van der Waals surface area contributed by atoms with Crippen molar-refractivity contribution in [3.63, 3.8) is 0 Å². The minimum absolute atomic E-state index is 0.0558. The molecular weight excluding hydrogens is 450 g/mol. The molecule has 1 N–H and O–H groups in total. The highest BCUT2D eigenvalue weighted by Crippen LogP contribution is 2.25. The average Bonchev–Trinajstić information content (AvgIpc) is 2.93. The first-order valence-electron chi connectivity index (χ1n) is 12.4. The summed E-state index contributed by atoms with van der Waals surface area (Å²) < 4.78 is 6.66. The number of nitrogens with zero attached hydrogens (tertiary/aromatic N) is 3. The first-order valence-corrected chi connectivity index (χ1v) is 12.4. The molecule has 36 heavy (non-hydrogen) atoms. The Kier molecular flexibility index (Phi) is 7.14. The lowest BCUT2D eigenvalue weighted by Crippen LogP contribution is -2.34. The van der Waals surface area contributed by atoms with E-state index in [0.717, 1.165) is 49.2 Å². The van der Waals surface area contributed by atoms with Crippen molar-refractivity contribution in [2.45, 2.75) is 32.0 Å². The first-order chi connectivity index (χ1) is 17.6. The minimum atomic E-state index is -0.217. The van der Waals surface area contributed by atoms with Gasteiger partial charge in [-0.25, -0.2) is 0 Å². The molecule has 1 aliphatic heterocycles. The molecule has 1 saturated heterocycles. The molecule has 4 aromatic rings. The summed E-state index contributed by atoms with van der Waals surface area (Å²) in [5, 5.41) is 12.5. The molecule has 0 amide bonds. The number of rotatable bonds is 7. The summed E-state index contributed by atoms with van der Waals surface area (Å²) in [7, 11) is 1.62. The number of ether oxygens (including phenoxy) is 1. The van der Waals surface area contributed by atoms with Crippen molar-refractivity contribution in [2.75, 3.05) is 20.2 Å². The van der Waals surface area contributed by atoms with Crippen molar-refractivity contribution >= 4 is 17.0 Å². The smallest absolute Gasteiger partial charge is 0.261 e. The number of methoxy groups -OCH3 is 1.